The van der Waals surface area contributed by atoms with Crippen LogP contribution in [-0.2, 0) is 0 Å². The Morgan fingerprint density at radius 1 is 1.13 bits per heavy atom. The van der Waals surface area contributed by atoms with Gasteiger partial charge in [-0.3, -0.25) is 9.80 Å². The quantitative estimate of drug-likeness (QED) is 0.458. The summed E-state index contributed by atoms with van der Waals surface area (Å²) >= 11 is 7.99. The summed E-state index contributed by atoms with van der Waals surface area (Å²) in [5.41, 5.74) is 0.936. The number of halogens is 1. The SMILES string of the molecule is OCCN1CCN([C@@H](c2ccccc2Cl)c2sc3nc(-c4ccco4)nn3c2O)CC1. The molecule has 0 unspecified atom stereocenters. The Morgan fingerprint density at radius 3 is 2.61 bits per heavy atom. The first kappa shape index (κ1) is 20.5. The molecular weight excluding hydrogens is 438 g/mol. The summed E-state index contributed by atoms with van der Waals surface area (Å²) in [6, 6.07) is 11.1. The zero-order valence-corrected chi connectivity index (χ0v) is 18.3. The molecular formula is C21H22ClN5O3S. The highest BCUT2D eigenvalue weighted by Crippen LogP contribution is 2.42. The lowest BCUT2D eigenvalue weighted by Gasteiger charge is -2.39. The molecule has 0 aliphatic carbocycles. The van der Waals surface area contributed by atoms with Crippen LogP contribution in [0.4, 0.5) is 0 Å². The van der Waals surface area contributed by atoms with Gasteiger partial charge in [-0.1, -0.05) is 41.1 Å². The molecule has 1 aliphatic heterocycles. The second-order valence-electron chi connectivity index (χ2n) is 7.42. The minimum atomic E-state index is -0.217. The number of rotatable bonds is 6. The van der Waals surface area contributed by atoms with Crippen molar-refractivity contribution in [2.75, 3.05) is 39.3 Å². The van der Waals surface area contributed by atoms with Crippen LogP contribution in [0.15, 0.2) is 47.1 Å². The van der Waals surface area contributed by atoms with Gasteiger partial charge in [0, 0.05) is 37.7 Å². The predicted molar refractivity (Wildman–Crippen MR) is 119 cm³/mol. The average molecular weight is 460 g/mol. The summed E-state index contributed by atoms with van der Waals surface area (Å²) in [4.78, 5) is 10.4. The molecule has 0 spiro atoms. The second kappa shape index (κ2) is 8.60. The van der Waals surface area contributed by atoms with Crippen molar-refractivity contribution < 1.29 is 14.6 Å². The molecule has 0 amide bonds. The molecule has 0 radical (unpaired) electrons. The molecule has 5 rings (SSSR count). The van der Waals surface area contributed by atoms with E-state index >= 15 is 0 Å². The van der Waals surface area contributed by atoms with Crippen LogP contribution in [0.1, 0.15) is 16.5 Å². The van der Waals surface area contributed by atoms with Crippen molar-refractivity contribution in [1.82, 2.24) is 24.4 Å². The van der Waals surface area contributed by atoms with Crippen molar-refractivity contribution in [1.29, 1.82) is 0 Å². The lowest BCUT2D eigenvalue weighted by atomic mass is 10.0. The highest BCUT2D eigenvalue weighted by atomic mass is 35.5. The minimum absolute atomic E-state index is 0.0630. The van der Waals surface area contributed by atoms with E-state index in [0.717, 1.165) is 36.6 Å². The normalized spacial score (nSPS) is 16.8. The third kappa shape index (κ3) is 3.83. The monoisotopic (exact) mass is 459 g/mol. The maximum absolute atomic E-state index is 11.1. The molecule has 1 aliphatic rings. The largest absolute Gasteiger partial charge is 0.492 e. The average Bonchev–Trinajstić information content (AvgIpc) is 3.50. The first-order chi connectivity index (χ1) is 15.2. The standard InChI is InChI=1S/C21H22ClN5O3S/c22-15-5-2-1-4-14(15)17(26-9-7-25(8-10-26)11-12-28)18-20(29)27-21(31-18)23-19(24-27)16-6-3-13-30-16/h1-6,13,17,28-29H,7-12H2/t17-/m0/s1. The van der Waals surface area contributed by atoms with E-state index in [1.807, 2.05) is 24.3 Å². The zero-order chi connectivity index (χ0) is 21.4. The van der Waals surface area contributed by atoms with Gasteiger partial charge in [0.25, 0.3) is 0 Å². The van der Waals surface area contributed by atoms with E-state index in [9.17, 15) is 10.2 Å². The third-order valence-electron chi connectivity index (χ3n) is 5.58. The number of aliphatic hydroxyl groups excluding tert-OH is 1. The molecule has 4 aromatic rings. The molecule has 8 nitrogen and oxygen atoms in total. The van der Waals surface area contributed by atoms with Gasteiger partial charge >= 0.3 is 0 Å². The number of hydrogen-bond donors (Lipinski definition) is 2. The minimum Gasteiger partial charge on any atom is -0.492 e. The fourth-order valence-corrected chi connectivity index (χ4v) is 5.37. The van der Waals surface area contributed by atoms with Crippen molar-refractivity contribution in [3.8, 4) is 17.5 Å². The highest BCUT2D eigenvalue weighted by molar-refractivity contribution is 7.17. The van der Waals surface area contributed by atoms with Crippen LogP contribution in [0.2, 0.25) is 5.02 Å². The number of thiazole rings is 1. The number of benzene rings is 1. The van der Waals surface area contributed by atoms with Crippen LogP contribution in [0.5, 0.6) is 5.88 Å². The fourth-order valence-electron chi connectivity index (χ4n) is 4.03. The summed E-state index contributed by atoms with van der Waals surface area (Å²) in [5.74, 6) is 1.05. The molecule has 3 aromatic heterocycles. The van der Waals surface area contributed by atoms with Gasteiger partial charge in [0.2, 0.25) is 16.7 Å². The number of aromatic hydroxyl groups is 1. The fraction of sp³-hybridized carbons (Fsp3) is 0.333. The van der Waals surface area contributed by atoms with Crippen LogP contribution >= 0.6 is 22.9 Å². The van der Waals surface area contributed by atoms with Gasteiger partial charge in [-0.25, -0.2) is 0 Å². The summed E-state index contributed by atoms with van der Waals surface area (Å²) in [6.45, 7) is 4.08. The van der Waals surface area contributed by atoms with E-state index in [2.05, 4.69) is 19.9 Å². The Hall–Kier alpha value is -2.43. The number of furan rings is 1. The van der Waals surface area contributed by atoms with Crippen molar-refractivity contribution in [2.24, 2.45) is 0 Å². The van der Waals surface area contributed by atoms with Crippen LogP contribution in [-0.4, -0.2) is 73.9 Å². The Balaban J connectivity index is 1.54. The smallest absolute Gasteiger partial charge is 0.230 e. The number of nitrogens with zero attached hydrogens (tertiary/aromatic N) is 5. The molecule has 0 saturated carbocycles. The van der Waals surface area contributed by atoms with Crippen molar-refractivity contribution in [2.45, 2.75) is 6.04 Å². The Morgan fingerprint density at radius 2 is 1.94 bits per heavy atom. The first-order valence-corrected chi connectivity index (χ1v) is 11.3. The number of piperazine rings is 1. The van der Waals surface area contributed by atoms with E-state index in [0.29, 0.717) is 28.1 Å². The summed E-state index contributed by atoms with van der Waals surface area (Å²) < 4.78 is 6.84. The van der Waals surface area contributed by atoms with Gasteiger partial charge in [-0.2, -0.15) is 9.50 Å². The molecule has 10 heteroatoms. The summed E-state index contributed by atoms with van der Waals surface area (Å²) in [5, 5.41) is 25.5. The first-order valence-electron chi connectivity index (χ1n) is 10.1. The summed E-state index contributed by atoms with van der Waals surface area (Å²) in [7, 11) is 0. The maximum atomic E-state index is 11.1. The molecule has 1 atom stereocenters. The van der Waals surface area contributed by atoms with Crippen molar-refractivity contribution in [3.05, 3.63) is 58.1 Å². The number of β-amino-alcohol motifs (C(OH)–C–C–N with tert-alkyl or cyclic N) is 1. The number of hydrogen-bond acceptors (Lipinski definition) is 8. The van der Waals surface area contributed by atoms with Crippen LogP contribution < -0.4 is 0 Å². The van der Waals surface area contributed by atoms with Crippen LogP contribution in [0.25, 0.3) is 16.5 Å². The van der Waals surface area contributed by atoms with Gasteiger partial charge in [-0.05, 0) is 23.8 Å². The molecule has 1 aromatic carbocycles. The van der Waals surface area contributed by atoms with E-state index in [4.69, 9.17) is 16.0 Å². The predicted octanol–water partition coefficient (Wildman–Crippen LogP) is 3.11. The van der Waals surface area contributed by atoms with E-state index in [1.54, 1.807) is 18.4 Å². The van der Waals surface area contributed by atoms with Gasteiger partial charge in [0.05, 0.1) is 23.8 Å². The molecule has 162 valence electrons. The Kier molecular flexibility index (Phi) is 5.68. The molecule has 4 heterocycles. The Labute approximate surface area is 187 Å². The molecule has 0 bridgehead atoms. The van der Waals surface area contributed by atoms with E-state index < -0.39 is 0 Å². The maximum Gasteiger partial charge on any atom is 0.230 e. The topological polar surface area (TPSA) is 90.3 Å². The lowest BCUT2D eigenvalue weighted by molar-refractivity contribution is 0.0946. The molecule has 31 heavy (non-hydrogen) atoms. The van der Waals surface area contributed by atoms with Crippen molar-refractivity contribution in [3.63, 3.8) is 0 Å². The Bertz CT molecular complexity index is 1170. The van der Waals surface area contributed by atoms with E-state index in [1.165, 1.54) is 15.9 Å². The number of aliphatic hydroxyl groups is 1. The van der Waals surface area contributed by atoms with Gasteiger partial charge < -0.3 is 14.6 Å². The van der Waals surface area contributed by atoms with Gasteiger partial charge in [0.1, 0.15) is 0 Å². The molecule has 1 saturated heterocycles. The third-order valence-corrected chi connectivity index (χ3v) is 6.99. The van der Waals surface area contributed by atoms with Gasteiger partial charge in [0.15, 0.2) is 5.76 Å². The second-order valence-corrected chi connectivity index (χ2v) is 8.84. The zero-order valence-electron chi connectivity index (χ0n) is 16.7. The number of aromatic nitrogens is 3. The lowest BCUT2D eigenvalue weighted by Crippen LogP contribution is -2.48. The number of fused-ring (bicyclic) bond motifs is 1. The van der Waals surface area contributed by atoms with Crippen LogP contribution in [0, 0.1) is 0 Å². The molecule has 1 fully saturated rings. The van der Waals surface area contributed by atoms with Crippen molar-refractivity contribution >= 4 is 27.9 Å². The molecule has 2 N–H and O–H groups in total. The van der Waals surface area contributed by atoms with E-state index in [-0.39, 0.29) is 18.5 Å². The summed E-state index contributed by atoms with van der Waals surface area (Å²) in [6.07, 6.45) is 1.57. The van der Waals surface area contributed by atoms with Gasteiger partial charge in [-0.15, -0.1) is 5.10 Å². The highest BCUT2D eigenvalue weighted by Gasteiger charge is 2.33. The van der Waals surface area contributed by atoms with Crippen LogP contribution in [0.3, 0.4) is 0 Å².